The Morgan fingerprint density at radius 2 is 2.17 bits per heavy atom. The molecule has 1 aromatic carbocycles. The van der Waals surface area contributed by atoms with Crippen molar-refractivity contribution in [1.82, 2.24) is 4.90 Å². The lowest BCUT2D eigenvalue weighted by molar-refractivity contribution is -0.132. The smallest absolute Gasteiger partial charge is 0.229 e. The molecule has 1 saturated carbocycles. The molecule has 0 aromatic heterocycles. The predicted octanol–water partition coefficient (Wildman–Crippen LogP) is 1.46. The highest BCUT2D eigenvalue weighted by molar-refractivity contribution is 7.92. The van der Waals surface area contributed by atoms with Crippen LogP contribution in [0, 0.1) is 11.8 Å². The summed E-state index contributed by atoms with van der Waals surface area (Å²) >= 11 is 0. The molecule has 1 unspecified atom stereocenters. The number of anilines is 2. The van der Waals surface area contributed by atoms with Crippen LogP contribution in [0.15, 0.2) is 29.8 Å². The first kappa shape index (κ1) is 17.7. The van der Waals surface area contributed by atoms with E-state index in [-0.39, 0.29) is 23.5 Å². The van der Waals surface area contributed by atoms with Gasteiger partial charge in [-0.3, -0.25) is 14.4 Å². The van der Waals surface area contributed by atoms with Gasteiger partial charge in [-0.15, -0.1) is 0 Å². The van der Waals surface area contributed by atoms with E-state index >= 15 is 0 Å². The Morgan fingerprint density at radius 3 is 3.00 bits per heavy atom. The van der Waals surface area contributed by atoms with Crippen molar-refractivity contribution < 1.29 is 17.9 Å². The number of piperidine rings is 2. The first-order chi connectivity index (χ1) is 14.4. The van der Waals surface area contributed by atoms with Crippen molar-refractivity contribution in [3.8, 4) is 0 Å². The number of carbonyl (C=O) groups is 1. The van der Waals surface area contributed by atoms with Gasteiger partial charge in [0.05, 0.1) is 37.1 Å². The number of hydrogen-bond acceptors (Lipinski definition) is 5. The molecule has 1 spiro atoms. The van der Waals surface area contributed by atoms with E-state index in [0.29, 0.717) is 36.6 Å². The SMILES string of the molecule is CS(=O)(=O)Nc1ccc2c(c1)N1C(=O)C[C@@H]3OCC=C4CN5CCC26[C@@H]5C[C@@H]4[C@@H]3[C@H]16. The highest BCUT2D eigenvalue weighted by atomic mass is 32.2. The van der Waals surface area contributed by atoms with Crippen LogP contribution < -0.4 is 9.62 Å². The zero-order chi connectivity index (χ0) is 20.4. The maximum absolute atomic E-state index is 13.4. The maximum Gasteiger partial charge on any atom is 0.229 e. The molecule has 5 aliphatic heterocycles. The van der Waals surface area contributed by atoms with Gasteiger partial charge in [0.25, 0.3) is 0 Å². The summed E-state index contributed by atoms with van der Waals surface area (Å²) in [4.78, 5) is 18.1. The first-order valence-corrected chi connectivity index (χ1v) is 12.7. The van der Waals surface area contributed by atoms with Crippen molar-refractivity contribution in [1.29, 1.82) is 0 Å². The third kappa shape index (κ3) is 2.03. The van der Waals surface area contributed by atoms with Crippen LogP contribution in [0.25, 0.3) is 0 Å². The van der Waals surface area contributed by atoms with E-state index in [1.54, 1.807) is 0 Å². The molecule has 158 valence electrons. The topological polar surface area (TPSA) is 79.0 Å². The molecule has 6 atom stereocenters. The molecule has 1 aliphatic carbocycles. The quantitative estimate of drug-likeness (QED) is 0.723. The third-order valence-corrected chi connectivity index (χ3v) is 9.22. The van der Waals surface area contributed by atoms with E-state index in [4.69, 9.17) is 4.74 Å². The van der Waals surface area contributed by atoms with Crippen LogP contribution >= 0.6 is 0 Å². The van der Waals surface area contributed by atoms with Crippen LogP contribution in [-0.2, 0) is 25.0 Å². The van der Waals surface area contributed by atoms with Gasteiger partial charge in [-0.05, 0) is 43.0 Å². The van der Waals surface area contributed by atoms with Gasteiger partial charge in [0.15, 0.2) is 0 Å². The minimum Gasteiger partial charge on any atom is -0.373 e. The lowest BCUT2D eigenvalue weighted by Gasteiger charge is -2.58. The van der Waals surface area contributed by atoms with Gasteiger partial charge in [0.1, 0.15) is 0 Å². The molecule has 1 amide bonds. The first-order valence-electron chi connectivity index (χ1n) is 10.9. The summed E-state index contributed by atoms with van der Waals surface area (Å²) in [6, 6.07) is 6.35. The van der Waals surface area contributed by atoms with Gasteiger partial charge in [-0.25, -0.2) is 8.42 Å². The van der Waals surface area contributed by atoms with Crippen molar-refractivity contribution in [3.05, 3.63) is 35.4 Å². The predicted molar refractivity (Wildman–Crippen MR) is 112 cm³/mol. The van der Waals surface area contributed by atoms with Gasteiger partial charge in [-0.2, -0.15) is 0 Å². The minimum absolute atomic E-state index is 0.0228. The fourth-order valence-corrected chi connectivity index (χ4v) is 8.39. The van der Waals surface area contributed by atoms with E-state index in [1.165, 1.54) is 11.1 Å². The summed E-state index contributed by atoms with van der Waals surface area (Å²) in [7, 11) is -3.38. The van der Waals surface area contributed by atoms with Crippen LogP contribution in [0.5, 0.6) is 0 Å². The van der Waals surface area contributed by atoms with Crippen molar-refractivity contribution >= 4 is 27.3 Å². The molecule has 1 aromatic rings. The number of carbonyl (C=O) groups excluding carboxylic acids is 1. The molecule has 6 aliphatic rings. The monoisotopic (exact) mass is 427 g/mol. The average molecular weight is 428 g/mol. The van der Waals surface area contributed by atoms with Gasteiger partial charge in [0, 0.05) is 29.6 Å². The molecule has 3 saturated heterocycles. The zero-order valence-corrected chi connectivity index (χ0v) is 17.7. The maximum atomic E-state index is 13.4. The van der Waals surface area contributed by atoms with Crippen molar-refractivity contribution in [2.24, 2.45) is 11.8 Å². The second-order valence-electron chi connectivity index (χ2n) is 9.87. The second kappa shape index (κ2) is 5.47. The van der Waals surface area contributed by atoms with Crippen LogP contribution in [0.3, 0.4) is 0 Å². The largest absolute Gasteiger partial charge is 0.373 e. The molecule has 30 heavy (non-hydrogen) atoms. The van der Waals surface area contributed by atoms with E-state index in [1.807, 2.05) is 17.0 Å². The summed E-state index contributed by atoms with van der Waals surface area (Å²) in [6.45, 7) is 2.68. The number of nitrogens with one attached hydrogen (secondary N) is 1. The number of rotatable bonds is 2. The second-order valence-corrected chi connectivity index (χ2v) is 11.6. The molecular weight excluding hydrogens is 402 g/mol. The molecule has 1 N–H and O–H groups in total. The number of nitrogens with zero attached hydrogens (tertiary/aromatic N) is 2. The van der Waals surface area contributed by atoms with E-state index < -0.39 is 10.0 Å². The number of sulfonamides is 1. The summed E-state index contributed by atoms with van der Waals surface area (Å²) < 4.78 is 32.5. The molecule has 0 radical (unpaired) electrons. The van der Waals surface area contributed by atoms with Crippen LogP contribution in [0.4, 0.5) is 11.4 Å². The van der Waals surface area contributed by atoms with Crippen LogP contribution in [-0.4, -0.2) is 63.4 Å². The standard InChI is InChI=1S/C22H25N3O4S/c1-30(27,28)23-13-2-3-15-16(8-13)25-19(26)10-17-20-14-9-18-22(15,21(20)25)5-6-24(18)11-12(14)4-7-29-17/h2-4,8,14,17-18,20-21,23H,5-7,9-11H2,1H3/t14-,17-,18-,20-,21-,22?/m0/s1. The Bertz CT molecular complexity index is 1130. The van der Waals surface area contributed by atoms with Gasteiger partial charge in [0.2, 0.25) is 15.9 Å². The van der Waals surface area contributed by atoms with Crippen molar-refractivity contribution in [3.63, 3.8) is 0 Å². The van der Waals surface area contributed by atoms with Crippen molar-refractivity contribution in [2.45, 2.75) is 42.9 Å². The lowest BCUT2D eigenvalue weighted by Crippen LogP contribution is -2.69. The van der Waals surface area contributed by atoms with Gasteiger partial charge < -0.3 is 9.64 Å². The Labute approximate surface area is 176 Å². The van der Waals surface area contributed by atoms with E-state index in [0.717, 1.165) is 37.9 Å². The molecule has 5 heterocycles. The van der Waals surface area contributed by atoms with Gasteiger partial charge >= 0.3 is 0 Å². The van der Waals surface area contributed by atoms with E-state index in [2.05, 4.69) is 21.8 Å². The number of hydrogen-bond donors (Lipinski definition) is 1. The molecule has 4 fully saturated rings. The van der Waals surface area contributed by atoms with Crippen LogP contribution in [0.2, 0.25) is 0 Å². The normalized spacial score (nSPS) is 40.7. The Hall–Kier alpha value is -1.90. The summed E-state index contributed by atoms with van der Waals surface area (Å²) in [6.07, 6.45) is 6.00. The summed E-state index contributed by atoms with van der Waals surface area (Å²) in [5.74, 6) is 0.901. The molecule has 7 nitrogen and oxygen atoms in total. The highest BCUT2D eigenvalue weighted by Gasteiger charge is 2.71. The summed E-state index contributed by atoms with van der Waals surface area (Å²) in [5.41, 5.74) is 4.08. The molecule has 7 rings (SSSR count). The molecule has 8 heteroatoms. The third-order valence-electron chi connectivity index (χ3n) is 8.61. The number of fused-ring (bicyclic) bond motifs is 2. The fourth-order valence-electron chi connectivity index (χ4n) is 7.83. The number of ether oxygens (including phenoxy) is 1. The Morgan fingerprint density at radius 1 is 1.30 bits per heavy atom. The minimum atomic E-state index is -3.38. The van der Waals surface area contributed by atoms with Crippen LogP contribution in [0.1, 0.15) is 24.8 Å². The van der Waals surface area contributed by atoms with E-state index in [9.17, 15) is 13.2 Å². The number of amides is 1. The van der Waals surface area contributed by atoms with Gasteiger partial charge in [-0.1, -0.05) is 17.7 Å². The highest BCUT2D eigenvalue weighted by Crippen LogP contribution is 2.65. The Balaban J connectivity index is 1.46. The fraction of sp³-hybridized carbons (Fsp3) is 0.591. The lowest BCUT2D eigenvalue weighted by atomic mass is 9.53. The number of benzene rings is 1. The van der Waals surface area contributed by atoms with Crippen molar-refractivity contribution in [2.75, 3.05) is 35.6 Å². The Kier molecular flexibility index (Phi) is 3.24. The molecule has 2 bridgehead atoms. The average Bonchev–Trinajstić information content (AvgIpc) is 3.14. The summed E-state index contributed by atoms with van der Waals surface area (Å²) in [5, 5.41) is 0. The molecular formula is C22H25N3O4S. The zero-order valence-electron chi connectivity index (χ0n) is 16.9.